The number of amides is 2. The predicted octanol–water partition coefficient (Wildman–Crippen LogP) is -1.90. The maximum absolute atomic E-state index is 12.0. The van der Waals surface area contributed by atoms with Crippen molar-refractivity contribution in [1.82, 2.24) is 5.32 Å². The highest BCUT2D eigenvalue weighted by Crippen LogP contribution is 2.31. The first-order chi connectivity index (χ1) is 14.7. The van der Waals surface area contributed by atoms with Crippen LogP contribution in [0.5, 0.6) is 5.75 Å². The van der Waals surface area contributed by atoms with Crippen LogP contribution in [0, 0.1) is 0 Å². The van der Waals surface area contributed by atoms with E-state index in [2.05, 4.69) is 10.6 Å². The number of nitrogens with one attached hydrogen (secondary N) is 2. The Kier molecular flexibility index (Phi) is 8.53. The first kappa shape index (κ1) is 24.3. The Morgan fingerprint density at radius 1 is 1.16 bits per heavy atom. The third kappa shape index (κ3) is 6.26. The number of carbonyl (C=O) groups is 3. The van der Waals surface area contributed by atoms with E-state index in [4.69, 9.17) is 25.1 Å². The molecule has 1 aromatic rings. The molecule has 13 nitrogen and oxygen atoms in total. The highest BCUT2D eigenvalue weighted by Gasteiger charge is 2.48. The van der Waals surface area contributed by atoms with Crippen molar-refractivity contribution in [3.63, 3.8) is 0 Å². The molecule has 1 aromatic carbocycles. The van der Waals surface area contributed by atoms with Gasteiger partial charge in [0.2, 0.25) is 12.2 Å². The predicted molar refractivity (Wildman–Crippen MR) is 103 cm³/mol. The Balaban J connectivity index is 2.27. The number of aliphatic hydroxyl groups is 3. The van der Waals surface area contributed by atoms with Crippen LogP contribution in [0.15, 0.2) is 18.2 Å². The lowest BCUT2D eigenvalue weighted by molar-refractivity contribution is -0.271. The molecule has 1 aliphatic heterocycles. The molecular weight excluding hydrogens is 418 g/mol. The van der Waals surface area contributed by atoms with E-state index in [9.17, 15) is 29.7 Å². The van der Waals surface area contributed by atoms with E-state index in [0.717, 1.165) is 0 Å². The molecular formula is C18H25N3O10. The topological polar surface area (TPSA) is 210 Å². The van der Waals surface area contributed by atoms with Gasteiger partial charge in [-0.2, -0.15) is 0 Å². The van der Waals surface area contributed by atoms with Gasteiger partial charge < -0.3 is 51.0 Å². The molecule has 8 N–H and O–H groups in total. The van der Waals surface area contributed by atoms with Crippen molar-refractivity contribution in [2.45, 2.75) is 43.7 Å². The number of hydrogen-bond acceptors (Lipinski definition) is 10. The van der Waals surface area contributed by atoms with Crippen LogP contribution in [-0.2, 0) is 25.7 Å². The second kappa shape index (κ2) is 10.9. The van der Waals surface area contributed by atoms with Crippen LogP contribution in [0.4, 0.5) is 10.5 Å². The minimum Gasteiger partial charge on any atom is -0.479 e. The number of carbonyl (C=O) groups excluding carboxylic acids is 2. The minimum absolute atomic E-state index is 0.00699. The summed E-state index contributed by atoms with van der Waals surface area (Å²) >= 11 is 0. The van der Waals surface area contributed by atoms with E-state index in [1.807, 2.05) is 0 Å². The number of hydrogen-bond donors (Lipinski definition) is 7. The minimum atomic E-state index is -1.87. The van der Waals surface area contributed by atoms with E-state index < -0.39 is 48.7 Å². The molecule has 1 fully saturated rings. The fourth-order valence-electron chi connectivity index (χ4n) is 2.71. The second-order valence-corrected chi connectivity index (χ2v) is 6.60. The highest BCUT2D eigenvalue weighted by atomic mass is 16.7. The van der Waals surface area contributed by atoms with Crippen LogP contribution >= 0.6 is 0 Å². The van der Waals surface area contributed by atoms with Gasteiger partial charge in [0.1, 0.15) is 30.7 Å². The molecule has 172 valence electrons. The molecule has 1 saturated heterocycles. The average molecular weight is 443 g/mol. The van der Waals surface area contributed by atoms with Gasteiger partial charge in [-0.15, -0.1) is 0 Å². The molecule has 31 heavy (non-hydrogen) atoms. The summed E-state index contributed by atoms with van der Waals surface area (Å²) in [5, 5.41) is 43.8. The van der Waals surface area contributed by atoms with Gasteiger partial charge in [0.05, 0.1) is 5.69 Å². The zero-order valence-corrected chi connectivity index (χ0v) is 16.6. The Morgan fingerprint density at radius 2 is 1.87 bits per heavy atom. The number of nitrogens with two attached hydrogens (primary N) is 1. The highest BCUT2D eigenvalue weighted by molar-refractivity contribution is 5.92. The lowest BCUT2D eigenvalue weighted by Gasteiger charge is -2.38. The smallest absolute Gasteiger partial charge is 0.407 e. The van der Waals surface area contributed by atoms with Gasteiger partial charge in [-0.3, -0.25) is 4.79 Å². The first-order valence-electron chi connectivity index (χ1n) is 9.24. The SMILES string of the molecule is CNC(=O)OCc1ccc(O[C@H]2O[C@@H](C(=O)O)[C@H](O)[C@@H](O)[C@@H]2O)c(NC(=O)CCN)c1. The first-order valence-corrected chi connectivity index (χ1v) is 9.24. The van der Waals surface area contributed by atoms with Crippen molar-refractivity contribution in [3.05, 3.63) is 23.8 Å². The van der Waals surface area contributed by atoms with Gasteiger partial charge in [-0.1, -0.05) is 6.07 Å². The summed E-state index contributed by atoms with van der Waals surface area (Å²) < 4.78 is 15.5. The molecule has 0 bridgehead atoms. The molecule has 1 aliphatic rings. The zero-order chi connectivity index (χ0) is 23.1. The summed E-state index contributed by atoms with van der Waals surface area (Å²) in [7, 11) is 1.39. The molecule has 0 spiro atoms. The number of benzene rings is 1. The van der Waals surface area contributed by atoms with E-state index in [1.165, 1.54) is 25.2 Å². The lowest BCUT2D eigenvalue weighted by atomic mass is 9.99. The molecule has 13 heteroatoms. The van der Waals surface area contributed by atoms with Crippen molar-refractivity contribution in [2.75, 3.05) is 18.9 Å². The summed E-state index contributed by atoms with van der Waals surface area (Å²) in [6.45, 7) is -0.0510. The average Bonchev–Trinajstić information content (AvgIpc) is 2.73. The van der Waals surface area contributed by atoms with Gasteiger partial charge in [-0.25, -0.2) is 9.59 Å². The maximum atomic E-state index is 12.0. The molecule has 0 aliphatic carbocycles. The van der Waals surface area contributed by atoms with Crippen LogP contribution in [0.2, 0.25) is 0 Å². The summed E-state index contributed by atoms with van der Waals surface area (Å²) in [6.07, 6.45) is -9.70. The van der Waals surface area contributed by atoms with Crippen LogP contribution < -0.4 is 21.1 Å². The van der Waals surface area contributed by atoms with Gasteiger partial charge in [0.15, 0.2) is 6.10 Å². The van der Waals surface area contributed by atoms with Crippen molar-refractivity contribution in [2.24, 2.45) is 5.73 Å². The molecule has 2 amide bonds. The molecule has 5 atom stereocenters. The summed E-state index contributed by atoms with van der Waals surface area (Å²) in [6, 6.07) is 4.29. The van der Waals surface area contributed by atoms with Crippen molar-refractivity contribution >= 4 is 23.7 Å². The maximum Gasteiger partial charge on any atom is 0.407 e. The second-order valence-electron chi connectivity index (χ2n) is 6.60. The fraction of sp³-hybridized carbons (Fsp3) is 0.500. The van der Waals surface area contributed by atoms with E-state index in [-0.39, 0.29) is 31.0 Å². The van der Waals surface area contributed by atoms with Crippen molar-refractivity contribution < 1.29 is 49.0 Å². The fourth-order valence-corrected chi connectivity index (χ4v) is 2.71. The largest absolute Gasteiger partial charge is 0.479 e. The number of aliphatic carboxylic acids is 1. The number of ether oxygens (including phenoxy) is 3. The van der Waals surface area contributed by atoms with Gasteiger partial charge in [-0.05, 0) is 17.7 Å². The number of carboxylic acids is 1. The van der Waals surface area contributed by atoms with E-state index in [1.54, 1.807) is 0 Å². The summed E-state index contributed by atoms with van der Waals surface area (Å²) in [5.41, 5.74) is 5.94. The molecule has 0 unspecified atom stereocenters. The van der Waals surface area contributed by atoms with Gasteiger partial charge in [0, 0.05) is 20.0 Å². The molecule has 1 heterocycles. The Morgan fingerprint density at radius 3 is 2.48 bits per heavy atom. The number of anilines is 1. The summed E-state index contributed by atoms with van der Waals surface area (Å²) in [5.74, 6) is -2.06. The monoisotopic (exact) mass is 443 g/mol. The summed E-state index contributed by atoms with van der Waals surface area (Å²) in [4.78, 5) is 34.5. The molecule has 0 aromatic heterocycles. The Labute approximate surface area is 176 Å². The third-order valence-corrected chi connectivity index (χ3v) is 4.32. The Bertz CT molecular complexity index is 805. The van der Waals surface area contributed by atoms with E-state index >= 15 is 0 Å². The van der Waals surface area contributed by atoms with Crippen molar-refractivity contribution in [1.29, 1.82) is 0 Å². The normalized spacial score (nSPS) is 25.4. The standard InChI is InChI=1S/C18H25N3O10/c1-20-18(28)29-7-8-2-3-10(9(6-8)21-11(22)4-5-19)30-17-14(25)12(23)13(24)15(31-17)16(26)27/h2-3,6,12-15,17,23-25H,4-5,7,19H2,1H3,(H,20,28)(H,21,22)(H,26,27)/t12-,13-,14+,15-,17+/m1/s1. The Hall–Kier alpha value is -2.97. The number of rotatable bonds is 8. The van der Waals surface area contributed by atoms with Crippen LogP contribution in [-0.4, -0.2) is 82.7 Å². The van der Waals surface area contributed by atoms with Crippen molar-refractivity contribution in [3.8, 4) is 5.75 Å². The van der Waals surface area contributed by atoms with Crippen LogP contribution in [0.3, 0.4) is 0 Å². The van der Waals surface area contributed by atoms with Crippen LogP contribution in [0.1, 0.15) is 12.0 Å². The molecule has 2 rings (SSSR count). The van der Waals surface area contributed by atoms with Crippen LogP contribution in [0.25, 0.3) is 0 Å². The molecule has 0 radical (unpaired) electrons. The number of carboxylic acid groups (broad SMARTS) is 1. The third-order valence-electron chi connectivity index (χ3n) is 4.32. The number of alkyl carbamates (subject to hydrolysis) is 1. The van der Waals surface area contributed by atoms with Gasteiger partial charge in [0.25, 0.3) is 0 Å². The molecule has 0 saturated carbocycles. The zero-order valence-electron chi connectivity index (χ0n) is 16.6. The number of aliphatic hydroxyl groups excluding tert-OH is 3. The quantitative estimate of drug-likeness (QED) is 0.236. The van der Waals surface area contributed by atoms with Gasteiger partial charge >= 0.3 is 12.1 Å². The van der Waals surface area contributed by atoms with E-state index in [0.29, 0.717) is 5.56 Å². The lowest BCUT2D eigenvalue weighted by Crippen LogP contribution is -2.61.